The van der Waals surface area contributed by atoms with Crippen LogP contribution < -0.4 is 5.32 Å². The molecule has 2 aromatic heterocycles. The number of amides is 1. The number of ether oxygens (including phenoxy) is 1. The van der Waals surface area contributed by atoms with Crippen LogP contribution in [0.1, 0.15) is 51.4 Å². The Hall–Kier alpha value is -2.90. The summed E-state index contributed by atoms with van der Waals surface area (Å²) in [6.45, 7) is 13.0. The van der Waals surface area contributed by atoms with Crippen LogP contribution in [-0.4, -0.2) is 47.5 Å². The zero-order valence-electron chi connectivity index (χ0n) is 22.9. The second kappa shape index (κ2) is 11.7. The minimum Gasteiger partial charge on any atom is -0.463 e. The number of nitrogens with one attached hydrogen (secondary N) is 2. The van der Waals surface area contributed by atoms with Crippen molar-refractivity contribution in [2.45, 2.75) is 64.4 Å². The summed E-state index contributed by atoms with van der Waals surface area (Å²) < 4.78 is 11.1. The number of aryl methyl sites for hydroxylation is 1. The number of H-pyrrole nitrogens is 1. The molecule has 0 unspecified atom stereocenters. The molecular formula is C30H39N3O3S. The molecule has 2 N–H and O–H groups in total. The standard InChI is InChI=1S/C30H39N3O3S/c1-7-25-22(23-18-21(10-11-26(23)32-25)31-29(34)36-30(3,4)5)14-16-33(8-2)15-13-20-9-12-27-24(17-20)28(37-6)19-35-27/h9-12,17-19,32H,7-8,13-16H2,1-6H3,(H,31,34). The summed E-state index contributed by atoms with van der Waals surface area (Å²) in [5.74, 6) is 0. The first-order valence-corrected chi connectivity index (χ1v) is 14.3. The molecule has 0 radical (unpaired) electrons. The van der Waals surface area contributed by atoms with Gasteiger partial charge in [-0.1, -0.05) is 19.9 Å². The average molecular weight is 522 g/mol. The van der Waals surface area contributed by atoms with Gasteiger partial charge in [0, 0.05) is 40.8 Å². The van der Waals surface area contributed by atoms with Crippen LogP contribution in [0.25, 0.3) is 21.9 Å². The number of nitrogens with zero attached hydrogens (tertiary/aromatic N) is 1. The number of hydrogen-bond acceptors (Lipinski definition) is 5. The van der Waals surface area contributed by atoms with E-state index in [1.165, 1.54) is 27.1 Å². The molecule has 0 aliphatic rings. The number of furan rings is 1. The largest absolute Gasteiger partial charge is 0.463 e. The second-order valence-corrected chi connectivity index (χ2v) is 11.2. The number of rotatable bonds is 10. The maximum atomic E-state index is 12.3. The van der Waals surface area contributed by atoms with E-state index in [2.05, 4.69) is 59.6 Å². The summed E-state index contributed by atoms with van der Waals surface area (Å²) in [6.07, 6.45) is 6.38. The summed E-state index contributed by atoms with van der Waals surface area (Å²) in [4.78, 5) is 19.6. The lowest BCUT2D eigenvalue weighted by molar-refractivity contribution is 0.0636. The zero-order chi connectivity index (χ0) is 26.6. The Bertz CT molecular complexity index is 1370. The van der Waals surface area contributed by atoms with E-state index < -0.39 is 11.7 Å². The van der Waals surface area contributed by atoms with Crippen molar-refractivity contribution < 1.29 is 13.9 Å². The molecule has 6 nitrogen and oxygen atoms in total. The van der Waals surface area contributed by atoms with Gasteiger partial charge in [-0.3, -0.25) is 5.32 Å². The lowest BCUT2D eigenvalue weighted by Gasteiger charge is -2.21. The van der Waals surface area contributed by atoms with E-state index in [4.69, 9.17) is 9.15 Å². The monoisotopic (exact) mass is 521 g/mol. The molecule has 0 aliphatic heterocycles. The van der Waals surface area contributed by atoms with Crippen LogP contribution in [0, 0.1) is 0 Å². The normalized spacial score (nSPS) is 12.1. The van der Waals surface area contributed by atoms with Gasteiger partial charge >= 0.3 is 6.09 Å². The Morgan fingerprint density at radius 1 is 1.08 bits per heavy atom. The van der Waals surface area contributed by atoms with Crippen LogP contribution >= 0.6 is 11.8 Å². The highest BCUT2D eigenvalue weighted by Gasteiger charge is 2.18. The average Bonchev–Trinajstić information content (AvgIpc) is 3.43. The number of aromatic nitrogens is 1. The van der Waals surface area contributed by atoms with Gasteiger partial charge in [0.25, 0.3) is 0 Å². The molecule has 1 amide bonds. The molecule has 4 aromatic rings. The molecule has 4 rings (SSSR count). The fourth-order valence-electron chi connectivity index (χ4n) is 4.74. The highest BCUT2D eigenvalue weighted by Crippen LogP contribution is 2.30. The Labute approximate surface area is 224 Å². The molecule has 0 bridgehead atoms. The Morgan fingerprint density at radius 3 is 2.57 bits per heavy atom. The molecular weight excluding hydrogens is 482 g/mol. The molecule has 0 spiro atoms. The molecule has 0 saturated carbocycles. The number of benzene rings is 2. The van der Waals surface area contributed by atoms with Crippen molar-refractivity contribution in [3.63, 3.8) is 0 Å². The van der Waals surface area contributed by atoms with Crippen molar-refractivity contribution in [1.29, 1.82) is 0 Å². The molecule has 2 aromatic carbocycles. The number of likely N-dealkylation sites (N-methyl/N-ethyl adjacent to an activating group) is 1. The van der Waals surface area contributed by atoms with Crippen molar-refractivity contribution in [1.82, 2.24) is 9.88 Å². The van der Waals surface area contributed by atoms with Crippen molar-refractivity contribution >= 4 is 45.4 Å². The Balaban J connectivity index is 1.44. The number of anilines is 1. The van der Waals surface area contributed by atoms with E-state index in [9.17, 15) is 4.79 Å². The van der Waals surface area contributed by atoms with E-state index in [1.54, 1.807) is 11.8 Å². The van der Waals surface area contributed by atoms with Gasteiger partial charge in [-0.25, -0.2) is 4.79 Å². The van der Waals surface area contributed by atoms with Gasteiger partial charge in [0.1, 0.15) is 17.4 Å². The maximum Gasteiger partial charge on any atom is 0.412 e. The maximum absolute atomic E-state index is 12.3. The number of carbonyl (C=O) groups excluding carboxylic acids is 1. The van der Waals surface area contributed by atoms with Crippen LogP contribution in [0.3, 0.4) is 0 Å². The summed E-state index contributed by atoms with van der Waals surface area (Å²) in [5.41, 5.74) is 6.19. The molecule has 37 heavy (non-hydrogen) atoms. The van der Waals surface area contributed by atoms with Gasteiger partial charge in [-0.05, 0) is 94.3 Å². The predicted molar refractivity (Wildman–Crippen MR) is 155 cm³/mol. The van der Waals surface area contributed by atoms with E-state index in [-0.39, 0.29) is 0 Å². The Morgan fingerprint density at radius 2 is 1.86 bits per heavy atom. The first kappa shape index (κ1) is 27.1. The van der Waals surface area contributed by atoms with Gasteiger partial charge in [0.05, 0.1) is 4.90 Å². The van der Waals surface area contributed by atoms with Crippen LogP contribution in [0.5, 0.6) is 0 Å². The second-order valence-electron chi connectivity index (χ2n) is 10.4. The summed E-state index contributed by atoms with van der Waals surface area (Å²) in [6, 6.07) is 12.6. The van der Waals surface area contributed by atoms with Crippen LogP contribution in [0.4, 0.5) is 10.5 Å². The quantitative estimate of drug-likeness (QED) is 0.210. The Kier molecular flexibility index (Phi) is 8.55. The fraction of sp³-hybridized carbons (Fsp3) is 0.433. The van der Waals surface area contributed by atoms with Gasteiger partial charge in [-0.2, -0.15) is 0 Å². The number of hydrogen-bond donors (Lipinski definition) is 2. The summed E-state index contributed by atoms with van der Waals surface area (Å²) in [5, 5.41) is 5.25. The van der Waals surface area contributed by atoms with E-state index in [1.807, 2.05) is 39.2 Å². The third-order valence-electron chi connectivity index (χ3n) is 6.66. The third kappa shape index (κ3) is 6.70. The van der Waals surface area contributed by atoms with Crippen LogP contribution in [0.15, 0.2) is 52.0 Å². The first-order valence-electron chi connectivity index (χ1n) is 13.1. The van der Waals surface area contributed by atoms with Crippen molar-refractivity contribution in [3.05, 3.63) is 59.5 Å². The van der Waals surface area contributed by atoms with Gasteiger partial charge in [-0.15, -0.1) is 11.8 Å². The van der Waals surface area contributed by atoms with Crippen molar-refractivity contribution in [2.24, 2.45) is 0 Å². The molecule has 0 fully saturated rings. The minimum absolute atomic E-state index is 0.435. The highest BCUT2D eigenvalue weighted by molar-refractivity contribution is 7.98. The number of carbonyl (C=O) groups is 1. The van der Waals surface area contributed by atoms with Gasteiger partial charge in [0.2, 0.25) is 0 Å². The van der Waals surface area contributed by atoms with Crippen LogP contribution in [-0.2, 0) is 24.0 Å². The van der Waals surface area contributed by atoms with Crippen molar-refractivity contribution in [3.8, 4) is 0 Å². The molecule has 0 atom stereocenters. The SMILES string of the molecule is CCc1[nH]c2ccc(NC(=O)OC(C)(C)C)cc2c1CCN(CC)CCc1ccc2occ(SC)c2c1. The highest BCUT2D eigenvalue weighted by atomic mass is 32.2. The van der Waals surface area contributed by atoms with Gasteiger partial charge in [0.15, 0.2) is 0 Å². The van der Waals surface area contributed by atoms with E-state index >= 15 is 0 Å². The summed E-state index contributed by atoms with van der Waals surface area (Å²) in [7, 11) is 0. The topological polar surface area (TPSA) is 70.5 Å². The lowest BCUT2D eigenvalue weighted by Crippen LogP contribution is -2.28. The summed E-state index contributed by atoms with van der Waals surface area (Å²) >= 11 is 1.72. The molecule has 0 saturated heterocycles. The molecule has 198 valence electrons. The third-order valence-corrected chi connectivity index (χ3v) is 7.41. The number of thioether (sulfide) groups is 1. The van der Waals surface area contributed by atoms with Crippen LogP contribution in [0.2, 0.25) is 0 Å². The number of fused-ring (bicyclic) bond motifs is 2. The zero-order valence-corrected chi connectivity index (χ0v) is 23.7. The minimum atomic E-state index is -0.534. The predicted octanol–water partition coefficient (Wildman–Crippen LogP) is 7.65. The fourth-order valence-corrected chi connectivity index (χ4v) is 5.27. The molecule has 2 heterocycles. The number of aromatic amines is 1. The van der Waals surface area contributed by atoms with E-state index in [0.717, 1.165) is 61.1 Å². The lowest BCUT2D eigenvalue weighted by atomic mass is 10.0. The van der Waals surface area contributed by atoms with Crippen molar-refractivity contribution in [2.75, 3.05) is 31.2 Å². The van der Waals surface area contributed by atoms with E-state index in [0.29, 0.717) is 0 Å². The van der Waals surface area contributed by atoms with Gasteiger partial charge < -0.3 is 19.0 Å². The molecule has 0 aliphatic carbocycles. The molecule has 7 heteroatoms. The first-order chi connectivity index (χ1) is 17.7. The smallest absolute Gasteiger partial charge is 0.412 e.